The molecule has 3 nitrogen and oxygen atoms in total. The number of nitrogens with one attached hydrogen (secondary N) is 1. The van der Waals surface area contributed by atoms with E-state index in [1.807, 2.05) is 6.07 Å². The van der Waals surface area contributed by atoms with Gasteiger partial charge in [0.15, 0.2) is 0 Å². The van der Waals surface area contributed by atoms with Gasteiger partial charge in [0, 0.05) is 30.2 Å². The fraction of sp³-hybridized carbons (Fsp3) is 0.500. The molecular weight excluding hydrogens is 258 g/mol. The lowest BCUT2D eigenvalue weighted by atomic mass is 10.0. The molecule has 0 bridgehead atoms. The van der Waals surface area contributed by atoms with Gasteiger partial charge in [-0.15, -0.1) is 0 Å². The fourth-order valence-corrected chi connectivity index (χ4v) is 2.91. The van der Waals surface area contributed by atoms with Gasteiger partial charge in [-0.3, -0.25) is 4.98 Å². The maximum Gasteiger partial charge on any atom is 0.0708 e. The van der Waals surface area contributed by atoms with E-state index >= 15 is 0 Å². The van der Waals surface area contributed by atoms with Crippen LogP contribution in [0.2, 0.25) is 0 Å². The first kappa shape index (κ1) is 15.9. The smallest absolute Gasteiger partial charge is 0.0708 e. The van der Waals surface area contributed by atoms with Crippen LogP contribution in [0.25, 0.3) is 10.9 Å². The Labute approximate surface area is 128 Å². The molecule has 0 fully saturated rings. The van der Waals surface area contributed by atoms with Gasteiger partial charge in [0.05, 0.1) is 5.52 Å². The van der Waals surface area contributed by atoms with Crippen molar-refractivity contribution in [1.29, 1.82) is 0 Å². The van der Waals surface area contributed by atoms with Crippen molar-refractivity contribution in [3.63, 3.8) is 0 Å². The van der Waals surface area contributed by atoms with Gasteiger partial charge in [0.2, 0.25) is 0 Å². The molecule has 2 aromatic rings. The average Bonchev–Trinajstić information content (AvgIpc) is 2.42. The molecule has 0 radical (unpaired) electrons. The predicted octanol–water partition coefficient (Wildman–Crippen LogP) is 3.22. The van der Waals surface area contributed by atoms with Gasteiger partial charge >= 0.3 is 0 Å². The van der Waals surface area contributed by atoms with Crippen LogP contribution in [-0.2, 0) is 6.54 Å². The molecule has 0 aliphatic rings. The van der Waals surface area contributed by atoms with Crippen molar-refractivity contribution in [2.75, 3.05) is 20.6 Å². The summed E-state index contributed by atoms with van der Waals surface area (Å²) in [4.78, 5) is 6.90. The molecule has 0 aliphatic heterocycles. The Hall–Kier alpha value is -1.45. The summed E-state index contributed by atoms with van der Waals surface area (Å²) in [5.41, 5.74) is 3.50. The number of hydrogen-bond acceptors (Lipinski definition) is 3. The third-order valence-corrected chi connectivity index (χ3v) is 4.03. The maximum atomic E-state index is 4.60. The zero-order chi connectivity index (χ0) is 15.4. The molecule has 1 aromatic carbocycles. The normalized spacial score (nSPS) is 13.3. The summed E-state index contributed by atoms with van der Waals surface area (Å²) < 4.78 is 0. The summed E-state index contributed by atoms with van der Waals surface area (Å²) >= 11 is 0. The molecule has 1 N–H and O–H groups in total. The number of aryl methyl sites for hydroxylation is 1. The van der Waals surface area contributed by atoms with E-state index in [1.165, 1.54) is 10.9 Å². The van der Waals surface area contributed by atoms with Crippen LogP contribution in [-0.4, -0.2) is 36.6 Å². The van der Waals surface area contributed by atoms with Crippen molar-refractivity contribution in [3.8, 4) is 0 Å². The third-order valence-electron chi connectivity index (χ3n) is 4.03. The van der Waals surface area contributed by atoms with Gasteiger partial charge in [0.1, 0.15) is 0 Å². The molecule has 0 saturated heterocycles. The summed E-state index contributed by atoms with van der Waals surface area (Å²) in [6, 6.07) is 11.1. The van der Waals surface area contributed by atoms with Gasteiger partial charge in [-0.05, 0) is 44.6 Å². The number of pyridine rings is 1. The Bertz CT molecular complexity index is 582. The van der Waals surface area contributed by atoms with Crippen LogP contribution >= 0.6 is 0 Å². The quantitative estimate of drug-likeness (QED) is 0.883. The van der Waals surface area contributed by atoms with E-state index in [-0.39, 0.29) is 0 Å². The number of fused-ring (bicyclic) bond motifs is 1. The third kappa shape index (κ3) is 4.02. The lowest BCUT2D eigenvalue weighted by Crippen LogP contribution is -2.41. The van der Waals surface area contributed by atoms with Gasteiger partial charge in [-0.25, -0.2) is 0 Å². The van der Waals surface area contributed by atoms with Gasteiger partial charge < -0.3 is 10.2 Å². The molecule has 114 valence electrons. The van der Waals surface area contributed by atoms with Crippen molar-refractivity contribution in [2.45, 2.75) is 33.4 Å². The van der Waals surface area contributed by atoms with E-state index in [0.717, 1.165) is 24.3 Å². The second kappa shape index (κ2) is 7.01. The van der Waals surface area contributed by atoms with Crippen molar-refractivity contribution in [2.24, 2.45) is 5.92 Å². The number of nitrogens with zero attached hydrogens (tertiary/aromatic N) is 2. The Balaban J connectivity index is 2.10. The van der Waals surface area contributed by atoms with Crippen LogP contribution in [0.5, 0.6) is 0 Å². The molecule has 0 saturated carbocycles. The van der Waals surface area contributed by atoms with Gasteiger partial charge in [0.25, 0.3) is 0 Å². The van der Waals surface area contributed by atoms with E-state index in [1.54, 1.807) is 0 Å². The molecule has 3 heteroatoms. The van der Waals surface area contributed by atoms with Crippen LogP contribution in [0.1, 0.15) is 25.1 Å². The zero-order valence-electron chi connectivity index (χ0n) is 13.9. The first-order valence-corrected chi connectivity index (χ1v) is 7.71. The number of para-hydroxylation sites is 1. The molecule has 1 aromatic heterocycles. The summed E-state index contributed by atoms with van der Waals surface area (Å²) in [6.45, 7) is 8.50. The molecule has 1 unspecified atom stereocenters. The van der Waals surface area contributed by atoms with Crippen LogP contribution in [0.3, 0.4) is 0 Å². The predicted molar refractivity (Wildman–Crippen MR) is 90.5 cm³/mol. The van der Waals surface area contributed by atoms with E-state index in [0.29, 0.717) is 12.0 Å². The molecule has 21 heavy (non-hydrogen) atoms. The monoisotopic (exact) mass is 285 g/mol. The molecular formula is C18H27N3. The molecule has 0 aliphatic carbocycles. The maximum absolute atomic E-state index is 4.60. The summed E-state index contributed by atoms with van der Waals surface area (Å²) in [5, 5.41) is 4.87. The summed E-state index contributed by atoms with van der Waals surface area (Å²) in [7, 11) is 4.30. The van der Waals surface area contributed by atoms with Crippen molar-refractivity contribution >= 4 is 10.9 Å². The van der Waals surface area contributed by atoms with Crippen molar-refractivity contribution < 1.29 is 0 Å². The SMILES string of the molecule is Cc1cc(CNCC(C(C)C)N(C)C)c2ccccc2n1. The minimum Gasteiger partial charge on any atom is -0.311 e. The number of rotatable bonds is 6. The van der Waals surface area contributed by atoms with E-state index in [2.05, 4.69) is 74.3 Å². The first-order chi connectivity index (χ1) is 9.99. The minimum absolute atomic E-state index is 0.555. The first-order valence-electron chi connectivity index (χ1n) is 7.71. The van der Waals surface area contributed by atoms with Crippen molar-refractivity contribution in [1.82, 2.24) is 15.2 Å². The highest BCUT2D eigenvalue weighted by Crippen LogP contribution is 2.18. The van der Waals surface area contributed by atoms with Gasteiger partial charge in [-0.2, -0.15) is 0 Å². The fourth-order valence-electron chi connectivity index (χ4n) is 2.91. The highest BCUT2D eigenvalue weighted by atomic mass is 15.1. The summed E-state index contributed by atoms with van der Waals surface area (Å²) in [6.07, 6.45) is 0. The number of benzene rings is 1. The van der Waals surface area contributed by atoms with Crippen molar-refractivity contribution in [3.05, 3.63) is 41.6 Å². The van der Waals surface area contributed by atoms with Crippen LogP contribution < -0.4 is 5.32 Å². The number of hydrogen-bond donors (Lipinski definition) is 1. The number of likely N-dealkylation sites (N-methyl/N-ethyl adjacent to an activating group) is 1. The Morgan fingerprint density at radius 1 is 1.19 bits per heavy atom. The Morgan fingerprint density at radius 3 is 2.57 bits per heavy atom. The lowest BCUT2D eigenvalue weighted by molar-refractivity contribution is 0.224. The zero-order valence-corrected chi connectivity index (χ0v) is 13.9. The van der Waals surface area contributed by atoms with E-state index in [4.69, 9.17) is 0 Å². The Kier molecular flexibility index (Phi) is 5.32. The molecule has 0 spiro atoms. The van der Waals surface area contributed by atoms with Crippen LogP contribution in [0.15, 0.2) is 30.3 Å². The second-order valence-corrected chi connectivity index (χ2v) is 6.35. The highest BCUT2D eigenvalue weighted by molar-refractivity contribution is 5.82. The molecule has 0 amide bonds. The standard InChI is InChI=1S/C18H27N3/c1-13(2)18(21(4)5)12-19-11-15-10-14(3)20-17-9-7-6-8-16(15)17/h6-10,13,18-19H,11-12H2,1-5H3. The minimum atomic E-state index is 0.555. The topological polar surface area (TPSA) is 28.2 Å². The highest BCUT2D eigenvalue weighted by Gasteiger charge is 2.15. The molecule has 1 heterocycles. The summed E-state index contributed by atoms with van der Waals surface area (Å²) in [5.74, 6) is 0.642. The molecule has 1 atom stereocenters. The van der Waals surface area contributed by atoms with E-state index < -0.39 is 0 Å². The van der Waals surface area contributed by atoms with Crippen LogP contribution in [0, 0.1) is 12.8 Å². The van der Waals surface area contributed by atoms with E-state index in [9.17, 15) is 0 Å². The Morgan fingerprint density at radius 2 is 1.90 bits per heavy atom. The number of aromatic nitrogens is 1. The molecule has 2 rings (SSSR count). The van der Waals surface area contributed by atoms with Crippen LogP contribution in [0.4, 0.5) is 0 Å². The lowest BCUT2D eigenvalue weighted by Gasteiger charge is -2.28. The second-order valence-electron chi connectivity index (χ2n) is 6.35. The average molecular weight is 285 g/mol. The largest absolute Gasteiger partial charge is 0.311 e. The van der Waals surface area contributed by atoms with Gasteiger partial charge in [-0.1, -0.05) is 32.0 Å².